The van der Waals surface area contributed by atoms with E-state index >= 15 is 0 Å². The number of rotatable bonds is 11. The number of nitrogens with one attached hydrogen (secondary N) is 1. The fourth-order valence-electron chi connectivity index (χ4n) is 5.28. The first-order valence-electron chi connectivity index (χ1n) is 14.2. The molecule has 0 aromatic heterocycles. The highest BCUT2D eigenvalue weighted by Crippen LogP contribution is 2.26. The Labute approximate surface area is 248 Å². The van der Waals surface area contributed by atoms with E-state index in [0.29, 0.717) is 17.1 Å². The molecule has 1 fully saturated rings. The van der Waals surface area contributed by atoms with Crippen LogP contribution in [0.5, 0.6) is 0 Å². The third-order valence-electron chi connectivity index (χ3n) is 7.50. The number of hydrogen-bond acceptors (Lipinski definition) is 4. The van der Waals surface area contributed by atoms with Crippen molar-refractivity contribution in [2.75, 3.05) is 10.8 Å². The molecule has 2 amide bonds. The minimum absolute atomic E-state index is 0.0834. The molecule has 1 saturated carbocycles. The molecular formula is C32H38ClN3O4S. The predicted octanol–water partition coefficient (Wildman–Crippen LogP) is 6.10. The summed E-state index contributed by atoms with van der Waals surface area (Å²) in [6.07, 6.45) is 5.52. The topological polar surface area (TPSA) is 86.8 Å². The van der Waals surface area contributed by atoms with Crippen molar-refractivity contribution >= 4 is 39.1 Å². The molecular weight excluding hydrogens is 558 g/mol. The quantitative estimate of drug-likeness (QED) is 0.290. The number of carbonyl (C=O) groups is 2. The zero-order chi connectivity index (χ0) is 29.4. The summed E-state index contributed by atoms with van der Waals surface area (Å²) in [5.41, 5.74) is 2.03. The first-order chi connectivity index (χ1) is 19.7. The van der Waals surface area contributed by atoms with Crippen LogP contribution in [-0.2, 0) is 26.2 Å². The standard InChI is InChI=1S/C32H38ClN3O4S/c1-3-30(32(38)34-27-12-6-4-7-13-27)35(22-25-17-19-26(33)20-18-25)31(37)23-36(28-14-10-11-24(2)21-28)41(39,40)29-15-8-5-9-16-29/h5,8-11,14-21,27,30H,3-4,6-7,12-13,22-23H2,1-2H3,(H,34,38). The molecule has 3 aromatic carbocycles. The van der Waals surface area contributed by atoms with Gasteiger partial charge in [0.05, 0.1) is 10.6 Å². The monoisotopic (exact) mass is 595 g/mol. The molecule has 4 rings (SSSR count). The number of anilines is 1. The molecule has 0 bridgehead atoms. The van der Waals surface area contributed by atoms with Gasteiger partial charge in [-0.25, -0.2) is 8.42 Å². The van der Waals surface area contributed by atoms with E-state index in [0.717, 1.165) is 47.5 Å². The second-order valence-corrected chi connectivity index (χ2v) is 12.9. The zero-order valence-electron chi connectivity index (χ0n) is 23.6. The SMILES string of the molecule is CCC(C(=O)NC1CCCCC1)N(Cc1ccc(Cl)cc1)C(=O)CN(c1cccc(C)c1)S(=O)(=O)c1ccccc1. The van der Waals surface area contributed by atoms with Crippen molar-refractivity contribution in [1.82, 2.24) is 10.2 Å². The van der Waals surface area contributed by atoms with E-state index in [4.69, 9.17) is 11.6 Å². The highest BCUT2D eigenvalue weighted by atomic mass is 35.5. The van der Waals surface area contributed by atoms with E-state index < -0.39 is 28.5 Å². The molecule has 0 spiro atoms. The second-order valence-electron chi connectivity index (χ2n) is 10.6. The Bertz CT molecular complexity index is 1420. The van der Waals surface area contributed by atoms with Gasteiger partial charge in [-0.2, -0.15) is 0 Å². The lowest BCUT2D eigenvalue weighted by Crippen LogP contribution is -2.54. The lowest BCUT2D eigenvalue weighted by atomic mass is 9.95. The van der Waals surface area contributed by atoms with Gasteiger partial charge >= 0.3 is 0 Å². The van der Waals surface area contributed by atoms with Crippen LogP contribution in [0.2, 0.25) is 5.02 Å². The maximum absolute atomic E-state index is 14.2. The molecule has 0 radical (unpaired) electrons. The van der Waals surface area contributed by atoms with Gasteiger partial charge in [0.25, 0.3) is 10.0 Å². The lowest BCUT2D eigenvalue weighted by Gasteiger charge is -2.34. The smallest absolute Gasteiger partial charge is 0.264 e. The van der Waals surface area contributed by atoms with Crippen LogP contribution >= 0.6 is 11.6 Å². The Morgan fingerprint density at radius 2 is 1.63 bits per heavy atom. The molecule has 0 aliphatic heterocycles. The van der Waals surface area contributed by atoms with E-state index in [9.17, 15) is 18.0 Å². The molecule has 1 N–H and O–H groups in total. The first kappa shape index (κ1) is 30.6. The summed E-state index contributed by atoms with van der Waals surface area (Å²) in [4.78, 5) is 29.4. The Morgan fingerprint density at radius 1 is 0.951 bits per heavy atom. The van der Waals surface area contributed by atoms with Crippen molar-refractivity contribution in [2.45, 2.75) is 75.9 Å². The van der Waals surface area contributed by atoms with Crippen molar-refractivity contribution in [3.63, 3.8) is 0 Å². The van der Waals surface area contributed by atoms with Crippen LogP contribution in [0, 0.1) is 6.92 Å². The normalized spacial score (nSPS) is 14.7. The fraction of sp³-hybridized carbons (Fsp3) is 0.375. The van der Waals surface area contributed by atoms with Crippen LogP contribution < -0.4 is 9.62 Å². The Hall–Kier alpha value is -3.36. The number of amides is 2. The summed E-state index contributed by atoms with van der Waals surface area (Å²) in [7, 11) is -4.09. The Balaban J connectivity index is 1.69. The molecule has 9 heteroatoms. The summed E-state index contributed by atoms with van der Waals surface area (Å²) in [5, 5.41) is 3.73. The van der Waals surface area contributed by atoms with Crippen molar-refractivity contribution < 1.29 is 18.0 Å². The van der Waals surface area contributed by atoms with Crippen LogP contribution in [0.25, 0.3) is 0 Å². The predicted molar refractivity (Wildman–Crippen MR) is 163 cm³/mol. The maximum Gasteiger partial charge on any atom is 0.264 e. The van der Waals surface area contributed by atoms with Crippen molar-refractivity contribution in [3.8, 4) is 0 Å². The number of benzene rings is 3. The molecule has 7 nitrogen and oxygen atoms in total. The summed E-state index contributed by atoms with van der Waals surface area (Å²) in [6.45, 7) is 3.42. The number of carbonyl (C=O) groups excluding carboxylic acids is 2. The number of halogens is 1. The van der Waals surface area contributed by atoms with Gasteiger partial charge in [0, 0.05) is 17.6 Å². The second kappa shape index (κ2) is 14.0. The summed E-state index contributed by atoms with van der Waals surface area (Å²) >= 11 is 6.10. The van der Waals surface area contributed by atoms with Crippen molar-refractivity contribution in [2.24, 2.45) is 0 Å². The van der Waals surface area contributed by atoms with E-state index in [1.54, 1.807) is 48.5 Å². The minimum Gasteiger partial charge on any atom is -0.352 e. The van der Waals surface area contributed by atoms with Crippen molar-refractivity contribution in [3.05, 3.63) is 95.0 Å². The van der Waals surface area contributed by atoms with Gasteiger partial charge in [0.1, 0.15) is 12.6 Å². The average Bonchev–Trinajstić information content (AvgIpc) is 2.97. The Morgan fingerprint density at radius 3 is 2.27 bits per heavy atom. The van der Waals surface area contributed by atoms with Gasteiger partial charge < -0.3 is 10.2 Å². The Kier molecular flexibility index (Phi) is 10.5. The maximum atomic E-state index is 14.2. The summed E-state index contributed by atoms with van der Waals surface area (Å²) in [5.74, 6) is -0.679. The van der Waals surface area contributed by atoms with E-state index in [-0.39, 0.29) is 23.4 Å². The molecule has 0 heterocycles. The molecule has 0 saturated heterocycles. The molecule has 3 aromatic rings. The van der Waals surface area contributed by atoms with E-state index in [1.807, 2.05) is 32.0 Å². The third kappa shape index (κ3) is 7.89. The molecule has 1 aliphatic carbocycles. The number of hydrogen-bond donors (Lipinski definition) is 1. The summed E-state index contributed by atoms with van der Waals surface area (Å²) in [6, 6.07) is 21.5. The number of aryl methyl sites for hydroxylation is 1. The zero-order valence-corrected chi connectivity index (χ0v) is 25.2. The van der Waals surface area contributed by atoms with E-state index in [2.05, 4.69) is 5.32 Å². The number of sulfonamides is 1. The van der Waals surface area contributed by atoms with Crippen LogP contribution in [-0.4, -0.2) is 43.8 Å². The summed E-state index contributed by atoms with van der Waals surface area (Å²) < 4.78 is 28.9. The molecule has 1 unspecified atom stereocenters. The van der Waals surface area contributed by atoms with Gasteiger partial charge in [0.2, 0.25) is 11.8 Å². The van der Waals surface area contributed by atoms with Crippen LogP contribution in [0.4, 0.5) is 5.69 Å². The van der Waals surface area contributed by atoms with E-state index in [1.165, 1.54) is 17.0 Å². The first-order valence-corrected chi connectivity index (χ1v) is 16.0. The fourth-order valence-corrected chi connectivity index (χ4v) is 6.83. The third-order valence-corrected chi connectivity index (χ3v) is 9.54. The van der Waals surface area contributed by atoms with Gasteiger partial charge in [-0.15, -0.1) is 0 Å². The molecule has 218 valence electrons. The van der Waals surface area contributed by atoms with Gasteiger partial charge in [0.15, 0.2) is 0 Å². The van der Waals surface area contributed by atoms with Crippen molar-refractivity contribution in [1.29, 1.82) is 0 Å². The minimum atomic E-state index is -4.09. The number of nitrogens with zero attached hydrogens (tertiary/aromatic N) is 2. The highest BCUT2D eigenvalue weighted by molar-refractivity contribution is 7.92. The lowest BCUT2D eigenvalue weighted by molar-refractivity contribution is -0.140. The molecule has 1 atom stereocenters. The molecule has 41 heavy (non-hydrogen) atoms. The van der Waals surface area contributed by atoms with Crippen LogP contribution in [0.1, 0.15) is 56.6 Å². The highest BCUT2D eigenvalue weighted by Gasteiger charge is 2.34. The molecule has 1 aliphatic rings. The van der Waals surface area contributed by atoms with Crippen LogP contribution in [0.15, 0.2) is 83.8 Å². The van der Waals surface area contributed by atoms with Gasteiger partial charge in [-0.3, -0.25) is 13.9 Å². The largest absolute Gasteiger partial charge is 0.352 e. The van der Waals surface area contributed by atoms with Gasteiger partial charge in [-0.05, 0) is 73.7 Å². The van der Waals surface area contributed by atoms with Crippen LogP contribution in [0.3, 0.4) is 0 Å². The average molecular weight is 596 g/mol. The van der Waals surface area contributed by atoms with Gasteiger partial charge in [-0.1, -0.05) is 80.3 Å².